The Morgan fingerprint density at radius 2 is 2.07 bits per heavy atom. The lowest BCUT2D eigenvalue weighted by molar-refractivity contribution is -0.145. The molecule has 2 rings (SSSR count). The molecule has 1 aliphatic heterocycles. The summed E-state index contributed by atoms with van der Waals surface area (Å²) < 4.78 is 0. The normalized spacial score (nSPS) is 37.5. The van der Waals surface area contributed by atoms with Crippen LogP contribution in [0.4, 0.5) is 0 Å². The number of Topliss-reactive ketones (excluding diaryl/α,β-unsaturated/α-hetero) is 1. The molecule has 15 heavy (non-hydrogen) atoms. The molecule has 84 valence electrons. The van der Waals surface area contributed by atoms with Crippen molar-refractivity contribution in [3.8, 4) is 0 Å². The molecule has 0 aromatic rings. The van der Waals surface area contributed by atoms with Crippen molar-refractivity contribution in [2.24, 2.45) is 5.92 Å². The third kappa shape index (κ3) is 1.58. The van der Waals surface area contributed by atoms with E-state index in [-0.39, 0.29) is 17.2 Å². The zero-order valence-electron chi connectivity index (χ0n) is 9.58. The van der Waals surface area contributed by atoms with E-state index in [0.717, 1.165) is 6.42 Å². The Balaban J connectivity index is 2.21. The Kier molecular flexibility index (Phi) is 2.57. The first kappa shape index (κ1) is 10.7. The SMILES string of the molecule is CC1CCCCC1(C)N1CCC(=O)C1=O. The molecule has 0 radical (unpaired) electrons. The monoisotopic (exact) mass is 209 g/mol. The lowest BCUT2D eigenvalue weighted by Gasteiger charge is -2.46. The van der Waals surface area contributed by atoms with Crippen molar-refractivity contribution in [1.29, 1.82) is 0 Å². The van der Waals surface area contributed by atoms with Crippen LogP contribution in [0.2, 0.25) is 0 Å². The lowest BCUT2D eigenvalue weighted by atomic mass is 9.74. The van der Waals surface area contributed by atoms with Gasteiger partial charge in [0.15, 0.2) is 0 Å². The van der Waals surface area contributed by atoms with E-state index in [1.807, 2.05) is 4.90 Å². The van der Waals surface area contributed by atoms with Crippen LogP contribution in [0.3, 0.4) is 0 Å². The molecule has 1 heterocycles. The molecule has 1 saturated carbocycles. The molecule has 0 aromatic heterocycles. The van der Waals surface area contributed by atoms with Crippen LogP contribution >= 0.6 is 0 Å². The molecule has 1 amide bonds. The van der Waals surface area contributed by atoms with Gasteiger partial charge in [-0.05, 0) is 25.7 Å². The maximum Gasteiger partial charge on any atom is 0.290 e. The predicted octanol–water partition coefficient (Wildman–Crippen LogP) is 1.76. The van der Waals surface area contributed by atoms with Crippen LogP contribution in [0.15, 0.2) is 0 Å². The molecule has 0 spiro atoms. The fourth-order valence-corrected chi connectivity index (χ4v) is 2.95. The molecule has 1 saturated heterocycles. The summed E-state index contributed by atoms with van der Waals surface area (Å²) >= 11 is 0. The second kappa shape index (κ2) is 3.62. The number of nitrogens with zero attached hydrogens (tertiary/aromatic N) is 1. The van der Waals surface area contributed by atoms with E-state index in [9.17, 15) is 9.59 Å². The molecule has 2 atom stereocenters. The van der Waals surface area contributed by atoms with E-state index < -0.39 is 0 Å². The first-order valence-corrected chi connectivity index (χ1v) is 5.90. The third-order valence-corrected chi connectivity index (χ3v) is 4.29. The summed E-state index contributed by atoms with van der Waals surface area (Å²) in [6.07, 6.45) is 5.08. The van der Waals surface area contributed by atoms with Crippen molar-refractivity contribution in [3.05, 3.63) is 0 Å². The molecular formula is C12H19NO2. The summed E-state index contributed by atoms with van der Waals surface area (Å²) in [4.78, 5) is 24.8. The molecule has 0 N–H and O–H groups in total. The van der Waals surface area contributed by atoms with E-state index in [1.165, 1.54) is 19.3 Å². The Bertz CT molecular complexity index is 300. The number of amides is 1. The van der Waals surface area contributed by atoms with Gasteiger partial charge < -0.3 is 4.90 Å². The number of rotatable bonds is 1. The first-order chi connectivity index (χ1) is 7.05. The Morgan fingerprint density at radius 3 is 2.60 bits per heavy atom. The average molecular weight is 209 g/mol. The minimum Gasteiger partial charge on any atom is -0.330 e. The lowest BCUT2D eigenvalue weighted by Crippen LogP contribution is -2.53. The zero-order chi connectivity index (χ0) is 11.1. The number of likely N-dealkylation sites (tertiary alicyclic amines) is 1. The minimum atomic E-state index is -0.244. The molecule has 0 bridgehead atoms. The highest BCUT2D eigenvalue weighted by Crippen LogP contribution is 2.39. The van der Waals surface area contributed by atoms with Gasteiger partial charge in [0, 0.05) is 18.5 Å². The summed E-state index contributed by atoms with van der Waals surface area (Å²) in [7, 11) is 0. The van der Waals surface area contributed by atoms with Crippen LogP contribution in [-0.2, 0) is 9.59 Å². The summed E-state index contributed by atoms with van der Waals surface area (Å²) in [5.41, 5.74) is -0.0680. The van der Waals surface area contributed by atoms with Gasteiger partial charge in [-0.25, -0.2) is 0 Å². The third-order valence-electron chi connectivity index (χ3n) is 4.29. The second-order valence-corrected chi connectivity index (χ2v) is 5.13. The van der Waals surface area contributed by atoms with Crippen LogP contribution in [0, 0.1) is 5.92 Å². The van der Waals surface area contributed by atoms with Gasteiger partial charge in [0.05, 0.1) is 0 Å². The van der Waals surface area contributed by atoms with Crippen molar-refractivity contribution in [3.63, 3.8) is 0 Å². The van der Waals surface area contributed by atoms with Gasteiger partial charge in [0.1, 0.15) is 0 Å². The number of carbonyl (C=O) groups is 2. The fourth-order valence-electron chi connectivity index (χ4n) is 2.95. The highest BCUT2D eigenvalue weighted by atomic mass is 16.2. The van der Waals surface area contributed by atoms with Crippen molar-refractivity contribution in [1.82, 2.24) is 4.90 Å². The zero-order valence-corrected chi connectivity index (χ0v) is 9.58. The van der Waals surface area contributed by atoms with Crippen molar-refractivity contribution < 1.29 is 9.59 Å². The number of ketones is 1. The van der Waals surface area contributed by atoms with E-state index in [2.05, 4.69) is 13.8 Å². The minimum absolute atomic E-state index is 0.0680. The van der Waals surface area contributed by atoms with Crippen LogP contribution in [-0.4, -0.2) is 28.7 Å². The topological polar surface area (TPSA) is 37.4 Å². The van der Waals surface area contributed by atoms with E-state index in [0.29, 0.717) is 18.9 Å². The maximum atomic E-state index is 11.7. The van der Waals surface area contributed by atoms with Gasteiger partial charge in [0.2, 0.25) is 5.78 Å². The first-order valence-electron chi connectivity index (χ1n) is 5.90. The molecule has 2 unspecified atom stereocenters. The van der Waals surface area contributed by atoms with Crippen LogP contribution in [0.5, 0.6) is 0 Å². The smallest absolute Gasteiger partial charge is 0.290 e. The number of hydrogen-bond acceptors (Lipinski definition) is 2. The van der Waals surface area contributed by atoms with E-state index >= 15 is 0 Å². The van der Waals surface area contributed by atoms with Crippen molar-refractivity contribution in [2.45, 2.75) is 51.5 Å². The summed E-state index contributed by atoms with van der Waals surface area (Å²) in [5, 5.41) is 0. The standard InChI is InChI=1S/C12H19NO2/c1-9-5-3-4-7-12(9,2)13-8-6-10(14)11(13)15/h9H,3-8H2,1-2H3. The van der Waals surface area contributed by atoms with Crippen LogP contribution < -0.4 is 0 Å². The maximum absolute atomic E-state index is 11.7. The molecule has 2 aliphatic rings. The quantitative estimate of drug-likeness (QED) is 0.617. The molecular weight excluding hydrogens is 190 g/mol. The van der Waals surface area contributed by atoms with E-state index in [1.54, 1.807) is 0 Å². The summed E-state index contributed by atoms with van der Waals surface area (Å²) in [6, 6.07) is 0. The summed E-state index contributed by atoms with van der Waals surface area (Å²) in [5.74, 6) is 0.0707. The Hall–Kier alpha value is -0.860. The van der Waals surface area contributed by atoms with Crippen LogP contribution in [0.25, 0.3) is 0 Å². The predicted molar refractivity (Wildman–Crippen MR) is 57.4 cm³/mol. The van der Waals surface area contributed by atoms with Crippen LogP contribution in [0.1, 0.15) is 46.0 Å². The molecule has 1 aliphatic carbocycles. The van der Waals surface area contributed by atoms with Crippen molar-refractivity contribution in [2.75, 3.05) is 6.54 Å². The van der Waals surface area contributed by atoms with Gasteiger partial charge in [-0.15, -0.1) is 0 Å². The highest BCUT2D eigenvalue weighted by molar-refractivity contribution is 6.38. The Labute approximate surface area is 90.8 Å². The van der Waals surface area contributed by atoms with Gasteiger partial charge in [0.25, 0.3) is 5.91 Å². The average Bonchev–Trinajstić information content (AvgIpc) is 2.53. The second-order valence-electron chi connectivity index (χ2n) is 5.13. The van der Waals surface area contributed by atoms with Gasteiger partial charge >= 0.3 is 0 Å². The largest absolute Gasteiger partial charge is 0.330 e. The van der Waals surface area contributed by atoms with E-state index in [4.69, 9.17) is 0 Å². The van der Waals surface area contributed by atoms with Crippen molar-refractivity contribution >= 4 is 11.7 Å². The number of carbonyl (C=O) groups excluding carboxylic acids is 2. The number of hydrogen-bond donors (Lipinski definition) is 0. The van der Waals surface area contributed by atoms with Gasteiger partial charge in [-0.3, -0.25) is 9.59 Å². The molecule has 2 fully saturated rings. The molecule has 0 aromatic carbocycles. The fraction of sp³-hybridized carbons (Fsp3) is 0.833. The van der Waals surface area contributed by atoms with Gasteiger partial charge in [-0.2, -0.15) is 0 Å². The molecule has 3 heteroatoms. The van der Waals surface area contributed by atoms with Gasteiger partial charge in [-0.1, -0.05) is 19.8 Å². The Morgan fingerprint density at radius 1 is 1.33 bits per heavy atom. The summed E-state index contributed by atoms with van der Waals surface area (Å²) in [6.45, 7) is 4.99. The highest BCUT2D eigenvalue weighted by Gasteiger charge is 2.45. The molecule has 3 nitrogen and oxygen atoms in total.